The molecule has 0 spiro atoms. The van der Waals surface area contributed by atoms with Crippen molar-refractivity contribution in [3.8, 4) is 11.6 Å². The van der Waals surface area contributed by atoms with Gasteiger partial charge in [-0.15, -0.1) is 11.8 Å². The van der Waals surface area contributed by atoms with Gasteiger partial charge in [0.15, 0.2) is 11.6 Å². The molecule has 27 heavy (non-hydrogen) atoms. The van der Waals surface area contributed by atoms with E-state index in [1.165, 1.54) is 50.5 Å². The zero-order valence-electron chi connectivity index (χ0n) is 16.2. The summed E-state index contributed by atoms with van der Waals surface area (Å²) in [5.74, 6) is 1.02. The van der Waals surface area contributed by atoms with Crippen LogP contribution >= 0.6 is 11.8 Å². The monoisotopic (exact) mass is 388 g/mol. The molecule has 3 rings (SSSR count). The molecule has 0 radical (unpaired) electrons. The van der Waals surface area contributed by atoms with Crippen molar-refractivity contribution in [1.29, 1.82) is 0 Å². The second-order valence-electron chi connectivity index (χ2n) is 6.86. The fraction of sp³-hybridized carbons (Fsp3) is 0.550. The molecule has 6 nitrogen and oxygen atoms in total. The first-order valence-corrected chi connectivity index (χ1v) is 10.9. The van der Waals surface area contributed by atoms with E-state index in [0.29, 0.717) is 34.4 Å². The molecule has 1 amide bonds. The van der Waals surface area contributed by atoms with Gasteiger partial charge in [0.2, 0.25) is 0 Å². The maximum atomic E-state index is 12.7. The van der Waals surface area contributed by atoms with E-state index in [0.717, 1.165) is 13.0 Å². The second kappa shape index (κ2) is 9.90. The lowest BCUT2D eigenvalue weighted by atomic mass is 10.2. The number of furan rings is 1. The number of aryl methyl sites for hydroxylation is 1. The summed E-state index contributed by atoms with van der Waals surface area (Å²) in [6.45, 7) is 5.93. The largest absolute Gasteiger partial charge is 0.461 e. The summed E-state index contributed by atoms with van der Waals surface area (Å²) in [6.07, 6.45) is 9.76. The lowest BCUT2D eigenvalue weighted by molar-refractivity contribution is 0.0947. The third-order valence-electron chi connectivity index (χ3n) is 4.85. The smallest absolute Gasteiger partial charge is 0.255 e. The van der Waals surface area contributed by atoms with E-state index in [9.17, 15) is 4.79 Å². The Bertz CT molecular complexity index is 741. The minimum Gasteiger partial charge on any atom is -0.461 e. The van der Waals surface area contributed by atoms with Crippen LogP contribution in [0.3, 0.4) is 0 Å². The van der Waals surface area contributed by atoms with Crippen molar-refractivity contribution in [1.82, 2.24) is 20.2 Å². The van der Waals surface area contributed by atoms with Crippen LogP contribution in [-0.4, -0.2) is 53.2 Å². The summed E-state index contributed by atoms with van der Waals surface area (Å²) in [5.41, 5.74) is 1.23. The quantitative estimate of drug-likeness (QED) is 0.442. The summed E-state index contributed by atoms with van der Waals surface area (Å²) < 4.78 is 5.38. The fourth-order valence-electron chi connectivity index (χ4n) is 3.42. The number of thioether (sulfide) groups is 1. The highest BCUT2D eigenvalue weighted by Gasteiger charge is 2.19. The zero-order valence-corrected chi connectivity index (χ0v) is 17.0. The van der Waals surface area contributed by atoms with Crippen molar-refractivity contribution in [2.75, 3.05) is 32.4 Å². The van der Waals surface area contributed by atoms with Gasteiger partial charge in [-0.1, -0.05) is 12.8 Å². The average Bonchev–Trinajstić information content (AvgIpc) is 3.09. The van der Waals surface area contributed by atoms with E-state index in [-0.39, 0.29) is 5.91 Å². The number of hydrogen-bond acceptors (Lipinski definition) is 6. The maximum Gasteiger partial charge on any atom is 0.255 e. The Kier molecular flexibility index (Phi) is 7.29. The summed E-state index contributed by atoms with van der Waals surface area (Å²) in [4.78, 5) is 24.2. The van der Waals surface area contributed by atoms with Crippen molar-refractivity contribution < 1.29 is 9.21 Å². The molecule has 0 atom stereocenters. The van der Waals surface area contributed by atoms with Gasteiger partial charge in [0.25, 0.3) is 5.91 Å². The van der Waals surface area contributed by atoms with Gasteiger partial charge in [-0.25, -0.2) is 9.97 Å². The van der Waals surface area contributed by atoms with Gasteiger partial charge in [-0.05, 0) is 64.2 Å². The first-order chi connectivity index (χ1) is 13.2. The Morgan fingerprint density at radius 3 is 2.70 bits per heavy atom. The SMILES string of the molecule is CSc1nc(-c2ccco2)nc(C)c1C(=O)NCCCN1CCCCCC1. The topological polar surface area (TPSA) is 71.3 Å². The molecule has 1 aliphatic heterocycles. The van der Waals surface area contributed by atoms with E-state index in [2.05, 4.69) is 20.2 Å². The van der Waals surface area contributed by atoms with Crippen molar-refractivity contribution in [2.45, 2.75) is 44.1 Å². The van der Waals surface area contributed by atoms with Crippen molar-refractivity contribution >= 4 is 17.7 Å². The number of carbonyl (C=O) groups is 1. The Balaban J connectivity index is 1.59. The highest BCUT2D eigenvalue weighted by Crippen LogP contribution is 2.25. The van der Waals surface area contributed by atoms with Gasteiger partial charge in [0, 0.05) is 6.54 Å². The molecule has 1 fully saturated rings. The van der Waals surface area contributed by atoms with E-state index >= 15 is 0 Å². The number of nitrogens with zero attached hydrogens (tertiary/aromatic N) is 3. The number of rotatable bonds is 7. The van der Waals surface area contributed by atoms with E-state index < -0.39 is 0 Å². The van der Waals surface area contributed by atoms with Crippen LogP contribution in [-0.2, 0) is 0 Å². The number of hydrogen-bond donors (Lipinski definition) is 1. The van der Waals surface area contributed by atoms with Crippen LogP contribution in [0.15, 0.2) is 27.8 Å². The molecular weight excluding hydrogens is 360 g/mol. The van der Waals surface area contributed by atoms with Gasteiger partial charge >= 0.3 is 0 Å². The Morgan fingerprint density at radius 1 is 1.26 bits per heavy atom. The molecule has 7 heteroatoms. The third kappa shape index (κ3) is 5.32. The molecule has 0 unspecified atom stereocenters. The average molecular weight is 389 g/mol. The second-order valence-corrected chi connectivity index (χ2v) is 7.65. The first-order valence-electron chi connectivity index (χ1n) is 9.66. The van der Waals surface area contributed by atoms with Gasteiger partial charge in [0.05, 0.1) is 17.5 Å². The van der Waals surface area contributed by atoms with E-state index in [4.69, 9.17) is 4.42 Å². The van der Waals surface area contributed by atoms with Gasteiger partial charge in [-0.2, -0.15) is 0 Å². The molecule has 0 aliphatic carbocycles. The van der Waals surface area contributed by atoms with Crippen LogP contribution in [0.1, 0.15) is 48.2 Å². The van der Waals surface area contributed by atoms with Gasteiger partial charge in [-0.3, -0.25) is 4.79 Å². The number of nitrogens with one attached hydrogen (secondary N) is 1. The molecule has 1 N–H and O–H groups in total. The van der Waals surface area contributed by atoms with Crippen LogP contribution in [0.4, 0.5) is 0 Å². The lowest BCUT2D eigenvalue weighted by Gasteiger charge is -2.19. The fourth-order valence-corrected chi connectivity index (χ4v) is 4.05. The number of aromatic nitrogens is 2. The summed E-state index contributed by atoms with van der Waals surface area (Å²) in [5, 5.41) is 3.72. The molecule has 2 aromatic rings. The predicted octanol–water partition coefficient (Wildman–Crippen LogP) is 3.76. The molecule has 1 saturated heterocycles. The summed E-state index contributed by atoms with van der Waals surface area (Å²) in [6, 6.07) is 3.62. The van der Waals surface area contributed by atoms with Gasteiger partial charge in [0.1, 0.15) is 5.03 Å². The molecule has 1 aliphatic rings. The molecule has 0 saturated carbocycles. The lowest BCUT2D eigenvalue weighted by Crippen LogP contribution is -2.31. The highest BCUT2D eigenvalue weighted by molar-refractivity contribution is 7.98. The molecule has 146 valence electrons. The van der Waals surface area contributed by atoms with E-state index in [1.807, 2.05) is 19.2 Å². The molecule has 0 aromatic carbocycles. The van der Waals surface area contributed by atoms with Gasteiger partial charge < -0.3 is 14.6 Å². The number of likely N-dealkylation sites (tertiary alicyclic amines) is 1. The minimum atomic E-state index is -0.0984. The summed E-state index contributed by atoms with van der Waals surface area (Å²) in [7, 11) is 0. The molecule has 0 bridgehead atoms. The van der Waals surface area contributed by atoms with Crippen molar-refractivity contribution in [2.24, 2.45) is 0 Å². The molecule has 3 heterocycles. The normalized spacial score (nSPS) is 15.5. The Labute approximate surface area is 165 Å². The first kappa shape index (κ1) is 19.9. The number of carbonyl (C=O) groups excluding carboxylic acids is 1. The zero-order chi connectivity index (χ0) is 19.1. The van der Waals surface area contributed by atoms with Crippen LogP contribution in [0.25, 0.3) is 11.6 Å². The number of amides is 1. The third-order valence-corrected chi connectivity index (χ3v) is 5.54. The van der Waals surface area contributed by atoms with E-state index in [1.54, 1.807) is 12.3 Å². The molecule has 2 aromatic heterocycles. The predicted molar refractivity (Wildman–Crippen MR) is 108 cm³/mol. The Hall–Kier alpha value is -1.86. The van der Waals surface area contributed by atoms with Crippen LogP contribution < -0.4 is 5.32 Å². The minimum absolute atomic E-state index is 0.0984. The van der Waals surface area contributed by atoms with Crippen molar-refractivity contribution in [3.05, 3.63) is 29.7 Å². The maximum absolute atomic E-state index is 12.7. The van der Waals surface area contributed by atoms with Crippen LogP contribution in [0.2, 0.25) is 0 Å². The van der Waals surface area contributed by atoms with Crippen molar-refractivity contribution in [3.63, 3.8) is 0 Å². The highest BCUT2D eigenvalue weighted by atomic mass is 32.2. The summed E-state index contributed by atoms with van der Waals surface area (Å²) >= 11 is 1.45. The molecular formula is C20H28N4O2S. The van der Waals surface area contributed by atoms with Crippen LogP contribution in [0, 0.1) is 6.92 Å². The Morgan fingerprint density at radius 2 is 2.04 bits per heavy atom. The standard InChI is InChI=1S/C20H28N4O2S/c1-15-17(20(27-2)23-18(22-15)16-9-7-14-26-16)19(25)21-10-8-13-24-11-5-3-4-6-12-24/h7,9,14H,3-6,8,10-13H2,1-2H3,(H,21,25). The van der Waals surface area contributed by atoms with Crippen LogP contribution in [0.5, 0.6) is 0 Å².